The maximum atomic E-state index is 5.40. The van der Waals surface area contributed by atoms with Gasteiger partial charge in [0.05, 0.1) is 31.7 Å². The van der Waals surface area contributed by atoms with E-state index in [-0.39, 0.29) is 6.04 Å². The number of ether oxygens (including phenoxy) is 2. The van der Waals surface area contributed by atoms with Crippen LogP contribution in [0.4, 0.5) is 11.6 Å². The minimum Gasteiger partial charge on any atom is -0.493 e. The van der Waals surface area contributed by atoms with Crippen LogP contribution in [0, 0.1) is 0 Å². The zero-order chi connectivity index (χ0) is 18.7. The number of halogens is 1. The van der Waals surface area contributed by atoms with Gasteiger partial charge in [-0.25, -0.2) is 0 Å². The van der Waals surface area contributed by atoms with Crippen molar-refractivity contribution in [3.05, 3.63) is 46.7 Å². The highest BCUT2D eigenvalue weighted by Crippen LogP contribution is 2.39. The monoisotopic (exact) mass is 436 g/mol. The molecule has 0 saturated heterocycles. The molecule has 1 aromatic heterocycles. The van der Waals surface area contributed by atoms with E-state index in [1.807, 2.05) is 36.0 Å². The summed E-state index contributed by atoms with van der Waals surface area (Å²) < 4.78 is 13.8. The average Bonchev–Trinajstić information content (AvgIpc) is 3.06. The molecule has 1 N–H and O–H groups in total. The van der Waals surface area contributed by atoms with Crippen LogP contribution >= 0.6 is 27.7 Å². The molecule has 0 bridgehead atoms. The van der Waals surface area contributed by atoms with Crippen molar-refractivity contribution in [2.75, 3.05) is 25.3 Å². The minimum atomic E-state index is 0.193. The zero-order valence-electron chi connectivity index (χ0n) is 15.0. The van der Waals surface area contributed by atoms with Gasteiger partial charge in [0.1, 0.15) is 5.82 Å². The van der Waals surface area contributed by atoms with Crippen LogP contribution in [-0.2, 0) is 5.75 Å². The summed E-state index contributed by atoms with van der Waals surface area (Å²) in [5.74, 6) is 4.79. The van der Waals surface area contributed by atoms with Crippen molar-refractivity contribution in [3.8, 4) is 11.5 Å². The lowest BCUT2D eigenvalue weighted by Crippen LogP contribution is -2.21. The van der Waals surface area contributed by atoms with Gasteiger partial charge < -0.3 is 14.8 Å². The van der Waals surface area contributed by atoms with Gasteiger partial charge in [-0.3, -0.25) is 4.57 Å². The maximum Gasteiger partial charge on any atom is 0.229 e. The number of thioether (sulfide) groups is 1. The fourth-order valence-electron chi connectivity index (χ4n) is 2.87. The van der Waals surface area contributed by atoms with Gasteiger partial charge in [0.25, 0.3) is 0 Å². The van der Waals surface area contributed by atoms with E-state index in [1.165, 1.54) is 5.57 Å². The van der Waals surface area contributed by atoms with Crippen LogP contribution in [0.2, 0.25) is 0 Å². The fourth-order valence-corrected chi connectivity index (χ4v) is 4.43. The molecule has 0 aliphatic carbocycles. The van der Waals surface area contributed by atoms with Gasteiger partial charge in [0, 0.05) is 22.4 Å². The number of nitrogens with zero attached hydrogens (tertiary/aromatic N) is 3. The Hall–Kier alpha value is -1.93. The molecule has 0 spiro atoms. The Bertz CT molecular complexity index is 850. The van der Waals surface area contributed by atoms with Crippen molar-refractivity contribution in [2.45, 2.75) is 18.7 Å². The van der Waals surface area contributed by atoms with E-state index in [0.717, 1.165) is 27.5 Å². The number of anilines is 2. The molecule has 0 radical (unpaired) electrons. The molecule has 8 heteroatoms. The fraction of sp³-hybridized carbons (Fsp3) is 0.333. The lowest BCUT2D eigenvalue weighted by molar-refractivity contribution is 0.355. The first-order valence-corrected chi connectivity index (χ1v) is 10.0. The standard InChI is InChI=1S/C18H21BrN4O2S/c1-5-6-11(2)14-9-26-10-17-21-22-18(23(14)17)20-13-8-16(25-4)15(24-3)7-12(13)19/h5-8,14H,1,9-10H2,2-4H3,(H,20,22). The quantitative estimate of drug-likeness (QED) is 0.660. The predicted molar refractivity (Wildman–Crippen MR) is 110 cm³/mol. The molecule has 3 rings (SSSR count). The largest absolute Gasteiger partial charge is 0.493 e. The summed E-state index contributed by atoms with van der Waals surface area (Å²) in [6.45, 7) is 5.91. The van der Waals surface area contributed by atoms with E-state index < -0.39 is 0 Å². The number of benzene rings is 1. The van der Waals surface area contributed by atoms with Gasteiger partial charge in [-0.1, -0.05) is 18.7 Å². The second kappa shape index (κ2) is 8.18. The number of nitrogens with one attached hydrogen (secondary N) is 1. The second-order valence-corrected chi connectivity index (χ2v) is 7.68. The Morgan fingerprint density at radius 2 is 2.08 bits per heavy atom. The molecule has 0 amide bonds. The number of methoxy groups -OCH3 is 2. The maximum absolute atomic E-state index is 5.40. The summed E-state index contributed by atoms with van der Waals surface area (Å²) in [5, 5.41) is 12.1. The number of rotatable bonds is 6. The van der Waals surface area contributed by atoms with Crippen molar-refractivity contribution in [2.24, 2.45) is 0 Å². The van der Waals surface area contributed by atoms with E-state index in [1.54, 1.807) is 14.2 Å². The number of hydrogen-bond acceptors (Lipinski definition) is 6. The highest BCUT2D eigenvalue weighted by molar-refractivity contribution is 9.10. The lowest BCUT2D eigenvalue weighted by atomic mass is 10.1. The predicted octanol–water partition coefficient (Wildman–Crippen LogP) is 4.72. The molecule has 26 heavy (non-hydrogen) atoms. The first-order chi connectivity index (χ1) is 12.6. The topological polar surface area (TPSA) is 61.2 Å². The molecule has 0 fully saturated rings. The molecule has 1 aliphatic heterocycles. The van der Waals surface area contributed by atoms with E-state index in [0.29, 0.717) is 17.4 Å². The molecule has 1 unspecified atom stereocenters. The van der Waals surface area contributed by atoms with Crippen LogP contribution < -0.4 is 14.8 Å². The molecule has 0 saturated carbocycles. The van der Waals surface area contributed by atoms with Crippen LogP contribution in [0.25, 0.3) is 0 Å². The number of fused-ring (bicyclic) bond motifs is 1. The number of aromatic nitrogens is 3. The Morgan fingerprint density at radius 1 is 1.35 bits per heavy atom. The molecule has 1 atom stereocenters. The summed E-state index contributed by atoms with van der Waals surface area (Å²) in [4.78, 5) is 0. The van der Waals surface area contributed by atoms with Crippen molar-refractivity contribution >= 4 is 39.3 Å². The van der Waals surface area contributed by atoms with Gasteiger partial charge in [-0.15, -0.1) is 10.2 Å². The summed E-state index contributed by atoms with van der Waals surface area (Å²) in [5.41, 5.74) is 2.06. The Labute approximate surface area is 165 Å². The van der Waals surface area contributed by atoms with Gasteiger partial charge in [0.15, 0.2) is 11.5 Å². The highest BCUT2D eigenvalue weighted by atomic mass is 79.9. The molecule has 6 nitrogen and oxygen atoms in total. The molecular weight excluding hydrogens is 416 g/mol. The van der Waals surface area contributed by atoms with Crippen LogP contribution in [0.3, 0.4) is 0 Å². The van der Waals surface area contributed by atoms with Gasteiger partial charge >= 0.3 is 0 Å². The van der Waals surface area contributed by atoms with Gasteiger partial charge in [-0.05, 0) is 28.4 Å². The summed E-state index contributed by atoms with van der Waals surface area (Å²) in [6.07, 6.45) is 3.85. The Kier molecular flexibility index (Phi) is 5.93. The summed E-state index contributed by atoms with van der Waals surface area (Å²) in [6, 6.07) is 3.94. The second-order valence-electron chi connectivity index (χ2n) is 5.80. The molecule has 1 aromatic carbocycles. The van der Waals surface area contributed by atoms with Crippen LogP contribution in [-0.4, -0.2) is 34.7 Å². The number of hydrogen-bond donors (Lipinski definition) is 1. The third-order valence-corrected chi connectivity index (χ3v) is 5.88. The van der Waals surface area contributed by atoms with E-state index in [4.69, 9.17) is 9.47 Å². The highest BCUT2D eigenvalue weighted by Gasteiger charge is 2.26. The van der Waals surface area contributed by atoms with Crippen molar-refractivity contribution in [3.63, 3.8) is 0 Å². The van der Waals surface area contributed by atoms with Gasteiger partial charge in [0.2, 0.25) is 5.95 Å². The van der Waals surface area contributed by atoms with Crippen LogP contribution in [0.5, 0.6) is 11.5 Å². The third-order valence-electron chi connectivity index (χ3n) is 4.21. The first kappa shape index (κ1) is 18.8. The average molecular weight is 437 g/mol. The molecular formula is C18H21BrN4O2S. The normalized spacial score (nSPS) is 16.8. The lowest BCUT2D eigenvalue weighted by Gasteiger charge is -2.26. The molecule has 138 valence electrons. The summed E-state index contributed by atoms with van der Waals surface area (Å²) >= 11 is 5.44. The zero-order valence-corrected chi connectivity index (χ0v) is 17.4. The van der Waals surface area contributed by atoms with Crippen LogP contribution in [0.15, 0.2) is 40.9 Å². The molecule has 2 heterocycles. The van der Waals surface area contributed by atoms with E-state index in [9.17, 15) is 0 Å². The van der Waals surface area contributed by atoms with Crippen molar-refractivity contribution < 1.29 is 9.47 Å². The third kappa shape index (κ3) is 3.61. The molecule has 1 aliphatic rings. The van der Waals surface area contributed by atoms with Crippen molar-refractivity contribution in [1.82, 2.24) is 14.8 Å². The van der Waals surface area contributed by atoms with Crippen LogP contribution in [0.1, 0.15) is 18.8 Å². The van der Waals surface area contributed by atoms with Gasteiger partial charge in [-0.2, -0.15) is 11.8 Å². The number of allylic oxidation sites excluding steroid dienone is 3. The smallest absolute Gasteiger partial charge is 0.229 e. The van der Waals surface area contributed by atoms with E-state index in [2.05, 4.69) is 49.5 Å². The Balaban J connectivity index is 1.99. The van der Waals surface area contributed by atoms with E-state index >= 15 is 0 Å². The molecule has 2 aromatic rings. The SMILES string of the molecule is C=CC=C(C)C1CSCc2nnc(Nc3cc(OC)c(OC)cc3Br)n21. The summed E-state index contributed by atoms with van der Waals surface area (Å²) in [7, 11) is 3.23. The Morgan fingerprint density at radius 3 is 2.77 bits per heavy atom. The minimum absolute atomic E-state index is 0.193. The first-order valence-electron chi connectivity index (χ1n) is 8.08. The van der Waals surface area contributed by atoms with Crippen molar-refractivity contribution in [1.29, 1.82) is 0 Å².